The predicted molar refractivity (Wildman–Crippen MR) is 83.7 cm³/mol. The number of rotatable bonds is 1. The van der Waals surface area contributed by atoms with Gasteiger partial charge in [0.1, 0.15) is 5.60 Å². The number of nitrogens with one attached hydrogen (secondary N) is 1. The number of carbonyl (C=O) groups is 2. The second-order valence-corrected chi connectivity index (χ2v) is 7.03. The van der Waals surface area contributed by atoms with E-state index in [0.717, 1.165) is 17.7 Å². The maximum absolute atomic E-state index is 12.3. The van der Waals surface area contributed by atoms with E-state index in [0.29, 0.717) is 13.1 Å². The Kier molecular flexibility index (Phi) is 3.59. The lowest BCUT2D eigenvalue weighted by Gasteiger charge is -2.25. The second kappa shape index (κ2) is 5.30. The van der Waals surface area contributed by atoms with E-state index in [9.17, 15) is 9.59 Å². The average Bonchev–Trinajstić information content (AvgIpc) is 2.99. The van der Waals surface area contributed by atoms with Crippen LogP contribution < -0.4 is 5.32 Å². The molecule has 0 unspecified atom stereocenters. The maximum Gasteiger partial charge on any atom is 0.410 e. The van der Waals surface area contributed by atoms with E-state index in [1.54, 1.807) is 4.90 Å². The van der Waals surface area contributed by atoms with Crippen molar-refractivity contribution in [1.82, 2.24) is 4.90 Å². The molecule has 2 amide bonds. The van der Waals surface area contributed by atoms with Crippen molar-refractivity contribution in [3.8, 4) is 0 Å². The highest BCUT2D eigenvalue weighted by molar-refractivity contribution is 6.03. The van der Waals surface area contributed by atoms with Gasteiger partial charge >= 0.3 is 6.09 Å². The minimum Gasteiger partial charge on any atom is -0.444 e. The van der Waals surface area contributed by atoms with Gasteiger partial charge in [-0.2, -0.15) is 0 Å². The Morgan fingerprint density at radius 3 is 2.77 bits per heavy atom. The van der Waals surface area contributed by atoms with Crippen LogP contribution in [-0.4, -0.2) is 35.6 Å². The standard InChI is InChI=1S/C17H22N2O3/c1-17(2,3)22-16(21)19-9-8-11(10-19)14-12-6-4-5-7-13(12)18-15(14)20/h4-7,11,14H,8-10H2,1-3H3,(H,18,20)/t11-,14+/m1/s1. The summed E-state index contributed by atoms with van der Waals surface area (Å²) in [6.07, 6.45) is 0.535. The Bertz CT molecular complexity index is 606. The van der Waals surface area contributed by atoms with Crippen LogP contribution in [0.1, 0.15) is 38.7 Å². The number of para-hydroxylation sites is 1. The number of fused-ring (bicyclic) bond motifs is 1. The minimum atomic E-state index is -0.494. The number of benzene rings is 1. The summed E-state index contributed by atoms with van der Waals surface area (Å²) in [6, 6.07) is 7.79. The number of carbonyl (C=O) groups excluding carboxylic acids is 2. The zero-order valence-electron chi connectivity index (χ0n) is 13.3. The van der Waals surface area contributed by atoms with Crippen LogP contribution in [0.3, 0.4) is 0 Å². The van der Waals surface area contributed by atoms with E-state index >= 15 is 0 Å². The molecule has 22 heavy (non-hydrogen) atoms. The molecular weight excluding hydrogens is 280 g/mol. The van der Waals surface area contributed by atoms with Gasteiger partial charge < -0.3 is 15.0 Å². The maximum atomic E-state index is 12.3. The molecule has 0 saturated carbocycles. The van der Waals surface area contributed by atoms with Gasteiger partial charge in [-0.1, -0.05) is 18.2 Å². The first kappa shape index (κ1) is 14.9. The molecular formula is C17H22N2O3. The molecule has 1 saturated heterocycles. The first-order chi connectivity index (χ1) is 10.3. The molecule has 5 nitrogen and oxygen atoms in total. The minimum absolute atomic E-state index is 0.0391. The van der Waals surface area contributed by atoms with E-state index in [1.165, 1.54) is 0 Å². The van der Waals surface area contributed by atoms with E-state index in [-0.39, 0.29) is 23.8 Å². The van der Waals surface area contributed by atoms with Crippen LogP contribution >= 0.6 is 0 Å². The molecule has 2 aliphatic heterocycles. The van der Waals surface area contributed by atoms with Crippen molar-refractivity contribution in [2.45, 2.75) is 38.7 Å². The molecule has 0 radical (unpaired) electrons. The monoisotopic (exact) mass is 302 g/mol. The molecule has 1 fully saturated rings. The van der Waals surface area contributed by atoms with Crippen LogP contribution in [-0.2, 0) is 9.53 Å². The Balaban J connectivity index is 1.71. The number of hydrogen-bond donors (Lipinski definition) is 1. The summed E-state index contributed by atoms with van der Waals surface area (Å²) < 4.78 is 5.42. The number of hydrogen-bond acceptors (Lipinski definition) is 3. The van der Waals surface area contributed by atoms with Gasteiger partial charge in [-0.05, 0) is 44.7 Å². The van der Waals surface area contributed by atoms with Gasteiger partial charge in [-0.25, -0.2) is 4.79 Å². The van der Waals surface area contributed by atoms with Crippen LogP contribution in [0.25, 0.3) is 0 Å². The molecule has 0 aliphatic carbocycles. The molecule has 2 aliphatic rings. The summed E-state index contributed by atoms with van der Waals surface area (Å²) in [5.41, 5.74) is 1.45. The molecule has 5 heteroatoms. The largest absolute Gasteiger partial charge is 0.444 e. The number of ether oxygens (including phenoxy) is 1. The third-order valence-corrected chi connectivity index (χ3v) is 4.18. The first-order valence-corrected chi connectivity index (χ1v) is 7.73. The number of anilines is 1. The van der Waals surface area contributed by atoms with Gasteiger partial charge in [0.25, 0.3) is 0 Å². The molecule has 118 valence electrons. The molecule has 0 aromatic heterocycles. The van der Waals surface area contributed by atoms with Gasteiger partial charge in [0.15, 0.2) is 0 Å². The molecule has 0 spiro atoms. The lowest BCUT2D eigenvalue weighted by Crippen LogP contribution is -2.36. The van der Waals surface area contributed by atoms with Gasteiger partial charge in [0.2, 0.25) is 5.91 Å². The lowest BCUT2D eigenvalue weighted by atomic mass is 9.86. The molecule has 2 heterocycles. The summed E-state index contributed by atoms with van der Waals surface area (Å²) in [5, 5.41) is 2.93. The van der Waals surface area contributed by atoms with Crippen molar-refractivity contribution in [3.05, 3.63) is 29.8 Å². The fourth-order valence-electron chi connectivity index (χ4n) is 3.25. The SMILES string of the molecule is CC(C)(C)OC(=O)N1CC[C@@H]([C@@H]2C(=O)Nc3ccccc32)C1. The lowest BCUT2D eigenvalue weighted by molar-refractivity contribution is -0.118. The molecule has 1 aromatic rings. The highest BCUT2D eigenvalue weighted by Crippen LogP contribution is 2.40. The first-order valence-electron chi connectivity index (χ1n) is 7.73. The summed E-state index contributed by atoms with van der Waals surface area (Å²) in [7, 11) is 0. The fraction of sp³-hybridized carbons (Fsp3) is 0.529. The van der Waals surface area contributed by atoms with Crippen molar-refractivity contribution in [2.75, 3.05) is 18.4 Å². The summed E-state index contributed by atoms with van der Waals surface area (Å²) >= 11 is 0. The van der Waals surface area contributed by atoms with Gasteiger partial charge in [0.05, 0.1) is 5.92 Å². The van der Waals surface area contributed by atoms with Crippen LogP contribution in [0.2, 0.25) is 0 Å². The Hall–Kier alpha value is -2.04. The zero-order valence-corrected chi connectivity index (χ0v) is 13.3. The third kappa shape index (κ3) is 2.80. The van der Waals surface area contributed by atoms with Crippen molar-refractivity contribution < 1.29 is 14.3 Å². The van der Waals surface area contributed by atoms with Crippen molar-refractivity contribution in [1.29, 1.82) is 0 Å². The molecule has 3 rings (SSSR count). The Morgan fingerprint density at radius 1 is 1.32 bits per heavy atom. The third-order valence-electron chi connectivity index (χ3n) is 4.18. The van der Waals surface area contributed by atoms with Crippen LogP contribution in [0, 0.1) is 5.92 Å². The number of likely N-dealkylation sites (tertiary alicyclic amines) is 1. The predicted octanol–water partition coefficient (Wildman–Crippen LogP) is 2.98. The van der Waals surface area contributed by atoms with Gasteiger partial charge in [-0.3, -0.25) is 4.79 Å². The quantitative estimate of drug-likeness (QED) is 0.867. The van der Waals surface area contributed by atoms with E-state index in [4.69, 9.17) is 4.74 Å². The van der Waals surface area contributed by atoms with Crippen molar-refractivity contribution in [2.24, 2.45) is 5.92 Å². The normalized spacial score (nSPS) is 24.1. The molecule has 1 N–H and O–H groups in total. The molecule has 0 bridgehead atoms. The summed E-state index contributed by atoms with van der Waals surface area (Å²) in [6.45, 7) is 6.80. The topological polar surface area (TPSA) is 58.6 Å². The molecule has 1 aromatic carbocycles. The van der Waals surface area contributed by atoms with E-state index in [2.05, 4.69) is 5.32 Å². The van der Waals surface area contributed by atoms with Crippen LogP contribution in [0.4, 0.5) is 10.5 Å². The van der Waals surface area contributed by atoms with Gasteiger partial charge in [0, 0.05) is 18.8 Å². The summed E-state index contributed by atoms with van der Waals surface area (Å²) in [5.74, 6) is 0.0250. The second-order valence-electron chi connectivity index (χ2n) is 7.03. The number of nitrogens with zero attached hydrogens (tertiary/aromatic N) is 1. The summed E-state index contributed by atoms with van der Waals surface area (Å²) in [4.78, 5) is 26.1. The fourth-order valence-corrected chi connectivity index (χ4v) is 3.25. The van der Waals surface area contributed by atoms with Crippen molar-refractivity contribution in [3.63, 3.8) is 0 Å². The Morgan fingerprint density at radius 2 is 2.05 bits per heavy atom. The highest BCUT2D eigenvalue weighted by Gasteiger charge is 2.41. The number of amides is 2. The smallest absolute Gasteiger partial charge is 0.410 e. The van der Waals surface area contributed by atoms with E-state index in [1.807, 2.05) is 45.0 Å². The molecule has 2 atom stereocenters. The van der Waals surface area contributed by atoms with Crippen LogP contribution in [0.15, 0.2) is 24.3 Å². The Labute approximate surface area is 130 Å². The van der Waals surface area contributed by atoms with Crippen molar-refractivity contribution >= 4 is 17.7 Å². The zero-order chi connectivity index (χ0) is 15.9. The highest BCUT2D eigenvalue weighted by atomic mass is 16.6. The van der Waals surface area contributed by atoms with Crippen LogP contribution in [0.5, 0.6) is 0 Å². The average molecular weight is 302 g/mol. The van der Waals surface area contributed by atoms with Gasteiger partial charge in [-0.15, -0.1) is 0 Å². The van der Waals surface area contributed by atoms with E-state index < -0.39 is 5.60 Å².